The predicted octanol–water partition coefficient (Wildman–Crippen LogP) is 3.32. The number of nitrogens with zero attached hydrogens (tertiary/aromatic N) is 1. The Labute approximate surface area is 162 Å². The van der Waals surface area contributed by atoms with Gasteiger partial charge in [0.05, 0.1) is 5.56 Å². The molecule has 0 saturated heterocycles. The summed E-state index contributed by atoms with van der Waals surface area (Å²) in [5.74, 6) is 0.551. The Morgan fingerprint density at radius 3 is 2.54 bits per heavy atom. The zero-order valence-electron chi connectivity index (χ0n) is 15.6. The average Bonchev–Trinajstić information content (AvgIpc) is 3.12. The van der Waals surface area contributed by atoms with Crippen molar-refractivity contribution >= 4 is 17.6 Å². The van der Waals surface area contributed by atoms with Gasteiger partial charge in [-0.15, -0.1) is 0 Å². The molecule has 0 aliphatic heterocycles. The molecule has 2 amide bonds. The molecule has 3 rings (SSSR count). The zero-order chi connectivity index (χ0) is 19.9. The number of nitrogens with one attached hydrogen (secondary N) is 2. The summed E-state index contributed by atoms with van der Waals surface area (Å²) in [4.78, 5) is 24.9. The van der Waals surface area contributed by atoms with E-state index in [1.54, 1.807) is 44.2 Å². The molecular weight excluding hydrogens is 358 g/mol. The first-order valence-electron chi connectivity index (χ1n) is 8.85. The maximum absolute atomic E-state index is 12.6. The number of rotatable bonds is 7. The molecule has 0 unspecified atom stereocenters. The van der Waals surface area contributed by atoms with Gasteiger partial charge in [-0.25, -0.2) is 0 Å². The number of ether oxygens (including phenoxy) is 1. The number of hydrogen-bond acceptors (Lipinski definition) is 5. The topological polar surface area (TPSA) is 93.5 Å². The van der Waals surface area contributed by atoms with Gasteiger partial charge >= 0.3 is 0 Å². The summed E-state index contributed by atoms with van der Waals surface area (Å²) in [6.07, 6.45) is -0.833. The summed E-state index contributed by atoms with van der Waals surface area (Å²) in [7, 11) is 0. The Morgan fingerprint density at radius 1 is 1.11 bits per heavy atom. The first-order chi connectivity index (χ1) is 13.5. The van der Waals surface area contributed by atoms with Gasteiger partial charge in [-0.1, -0.05) is 47.6 Å². The lowest BCUT2D eigenvalue weighted by molar-refractivity contribution is -0.122. The van der Waals surface area contributed by atoms with Crippen LogP contribution in [0.1, 0.15) is 28.6 Å². The summed E-state index contributed by atoms with van der Waals surface area (Å²) in [6.45, 7) is 3.73. The minimum atomic E-state index is -0.833. The monoisotopic (exact) mass is 379 g/mol. The molecule has 7 nitrogen and oxygen atoms in total. The molecule has 144 valence electrons. The summed E-state index contributed by atoms with van der Waals surface area (Å²) in [5, 5.41) is 9.19. The first-order valence-corrected chi connectivity index (χ1v) is 8.85. The molecule has 1 aromatic heterocycles. The van der Waals surface area contributed by atoms with Crippen molar-refractivity contribution in [3.63, 3.8) is 0 Å². The molecule has 0 radical (unpaired) electrons. The van der Waals surface area contributed by atoms with E-state index >= 15 is 0 Å². The van der Waals surface area contributed by atoms with Gasteiger partial charge in [-0.2, -0.15) is 0 Å². The smallest absolute Gasteiger partial charge is 0.266 e. The predicted molar refractivity (Wildman–Crippen MR) is 104 cm³/mol. The average molecular weight is 379 g/mol. The fourth-order valence-corrected chi connectivity index (χ4v) is 2.53. The van der Waals surface area contributed by atoms with E-state index in [0.29, 0.717) is 29.4 Å². The van der Waals surface area contributed by atoms with Crippen molar-refractivity contribution in [1.29, 1.82) is 0 Å². The molecular formula is C21H21N3O4. The van der Waals surface area contributed by atoms with E-state index in [-0.39, 0.29) is 5.91 Å². The standard InChI is InChI=1S/C21H21N3O4/c1-14-12-19(24-28-14)23-20(25)15(2)27-18-11-7-6-10-17(18)21(26)22-13-16-8-4-3-5-9-16/h3-12,15H,13H2,1-2H3,(H,22,26)(H,23,24,25)/t15-/m0/s1. The Morgan fingerprint density at radius 2 is 1.82 bits per heavy atom. The lowest BCUT2D eigenvalue weighted by Gasteiger charge is -2.16. The summed E-state index contributed by atoms with van der Waals surface area (Å²) in [5.41, 5.74) is 1.35. The molecule has 2 aromatic carbocycles. The minimum Gasteiger partial charge on any atom is -0.480 e. The molecule has 0 aliphatic carbocycles. The van der Waals surface area contributed by atoms with Crippen molar-refractivity contribution < 1.29 is 18.8 Å². The van der Waals surface area contributed by atoms with Crippen LogP contribution in [0, 0.1) is 6.92 Å². The van der Waals surface area contributed by atoms with Crippen LogP contribution in [0.5, 0.6) is 5.75 Å². The molecule has 0 fully saturated rings. The number of benzene rings is 2. The number of amides is 2. The van der Waals surface area contributed by atoms with Crippen molar-refractivity contribution in [3.05, 3.63) is 77.6 Å². The molecule has 2 N–H and O–H groups in total. The largest absolute Gasteiger partial charge is 0.480 e. The highest BCUT2D eigenvalue weighted by Gasteiger charge is 2.20. The minimum absolute atomic E-state index is 0.279. The van der Waals surface area contributed by atoms with E-state index < -0.39 is 12.0 Å². The molecule has 3 aromatic rings. The van der Waals surface area contributed by atoms with Gasteiger partial charge < -0.3 is 19.9 Å². The van der Waals surface area contributed by atoms with E-state index in [2.05, 4.69) is 15.8 Å². The van der Waals surface area contributed by atoms with Gasteiger partial charge in [-0.3, -0.25) is 9.59 Å². The van der Waals surface area contributed by atoms with Crippen LogP contribution in [0.25, 0.3) is 0 Å². The maximum atomic E-state index is 12.6. The third kappa shape index (κ3) is 4.97. The third-order valence-electron chi connectivity index (χ3n) is 3.98. The second kappa shape index (κ2) is 8.85. The highest BCUT2D eigenvalue weighted by Crippen LogP contribution is 2.20. The SMILES string of the molecule is Cc1cc(NC(=O)[C@H](C)Oc2ccccc2C(=O)NCc2ccccc2)no1. The second-order valence-corrected chi connectivity index (χ2v) is 6.24. The summed E-state index contributed by atoms with van der Waals surface area (Å²) < 4.78 is 10.6. The number of carbonyl (C=O) groups is 2. The lowest BCUT2D eigenvalue weighted by atomic mass is 10.1. The number of hydrogen-bond donors (Lipinski definition) is 2. The third-order valence-corrected chi connectivity index (χ3v) is 3.98. The quantitative estimate of drug-likeness (QED) is 0.657. The van der Waals surface area contributed by atoms with Crippen LogP contribution in [-0.2, 0) is 11.3 Å². The normalized spacial score (nSPS) is 11.5. The molecule has 7 heteroatoms. The Hall–Kier alpha value is -3.61. The molecule has 0 bridgehead atoms. The number of anilines is 1. The highest BCUT2D eigenvalue weighted by molar-refractivity contribution is 5.97. The van der Waals surface area contributed by atoms with Crippen LogP contribution in [0.2, 0.25) is 0 Å². The van der Waals surface area contributed by atoms with Gasteiger partial charge in [0.2, 0.25) is 0 Å². The van der Waals surface area contributed by atoms with Crippen LogP contribution >= 0.6 is 0 Å². The van der Waals surface area contributed by atoms with Gasteiger partial charge in [-0.05, 0) is 31.5 Å². The summed E-state index contributed by atoms with van der Waals surface area (Å²) >= 11 is 0. The first kappa shape index (κ1) is 19.2. The Kier molecular flexibility index (Phi) is 6.06. The van der Waals surface area contributed by atoms with Crippen molar-refractivity contribution in [1.82, 2.24) is 10.5 Å². The van der Waals surface area contributed by atoms with E-state index in [1.807, 2.05) is 30.3 Å². The fourth-order valence-electron chi connectivity index (χ4n) is 2.53. The lowest BCUT2D eigenvalue weighted by Crippen LogP contribution is -2.31. The number of para-hydroxylation sites is 1. The molecule has 1 heterocycles. The van der Waals surface area contributed by atoms with Crippen LogP contribution in [0.3, 0.4) is 0 Å². The zero-order valence-corrected chi connectivity index (χ0v) is 15.6. The van der Waals surface area contributed by atoms with Gasteiger partial charge in [0.25, 0.3) is 11.8 Å². The summed E-state index contributed by atoms with van der Waals surface area (Å²) in [6, 6.07) is 18.0. The number of aromatic nitrogens is 1. The van der Waals surface area contributed by atoms with E-state index in [0.717, 1.165) is 5.56 Å². The van der Waals surface area contributed by atoms with Gasteiger partial charge in [0.15, 0.2) is 11.9 Å². The highest BCUT2D eigenvalue weighted by atomic mass is 16.5. The van der Waals surface area contributed by atoms with Crippen LogP contribution in [0.15, 0.2) is 65.2 Å². The number of carbonyl (C=O) groups excluding carboxylic acids is 2. The molecule has 28 heavy (non-hydrogen) atoms. The van der Waals surface area contributed by atoms with E-state index in [4.69, 9.17) is 9.26 Å². The van der Waals surface area contributed by atoms with E-state index in [1.165, 1.54) is 0 Å². The molecule has 1 atom stereocenters. The Balaban J connectivity index is 1.64. The van der Waals surface area contributed by atoms with Crippen molar-refractivity contribution in [2.24, 2.45) is 0 Å². The van der Waals surface area contributed by atoms with E-state index in [9.17, 15) is 9.59 Å². The van der Waals surface area contributed by atoms with Crippen LogP contribution < -0.4 is 15.4 Å². The van der Waals surface area contributed by atoms with Crippen LogP contribution in [0.4, 0.5) is 5.82 Å². The van der Waals surface area contributed by atoms with Crippen molar-refractivity contribution in [2.45, 2.75) is 26.5 Å². The molecule has 0 saturated carbocycles. The van der Waals surface area contributed by atoms with Crippen molar-refractivity contribution in [2.75, 3.05) is 5.32 Å². The number of aryl methyl sites for hydroxylation is 1. The molecule has 0 aliphatic rings. The van der Waals surface area contributed by atoms with Gasteiger partial charge in [0.1, 0.15) is 11.5 Å². The maximum Gasteiger partial charge on any atom is 0.266 e. The Bertz CT molecular complexity index is 953. The van der Waals surface area contributed by atoms with Gasteiger partial charge in [0, 0.05) is 12.6 Å². The van der Waals surface area contributed by atoms with Crippen LogP contribution in [-0.4, -0.2) is 23.1 Å². The fraction of sp³-hybridized carbons (Fsp3) is 0.190. The second-order valence-electron chi connectivity index (χ2n) is 6.24. The molecule has 0 spiro atoms. The van der Waals surface area contributed by atoms with Crippen molar-refractivity contribution in [3.8, 4) is 5.75 Å².